The summed E-state index contributed by atoms with van der Waals surface area (Å²) in [5.41, 5.74) is 2.45. The van der Waals surface area contributed by atoms with Crippen molar-refractivity contribution >= 4 is 11.6 Å². The molecule has 0 aliphatic heterocycles. The summed E-state index contributed by atoms with van der Waals surface area (Å²) in [6.45, 7) is 0.532. The SMILES string of the molecule is NNC(=O)CCCCCn1nc2cnccn2c1=O. The molecule has 0 fully saturated rings. The molecular weight excluding hydrogens is 248 g/mol. The number of unbranched alkanes of at least 4 members (excludes halogenated alkanes) is 2. The van der Waals surface area contributed by atoms with E-state index < -0.39 is 0 Å². The lowest BCUT2D eigenvalue weighted by molar-refractivity contribution is -0.121. The molecule has 0 aromatic carbocycles. The van der Waals surface area contributed by atoms with E-state index in [-0.39, 0.29) is 11.6 Å². The van der Waals surface area contributed by atoms with Gasteiger partial charge in [0.25, 0.3) is 0 Å². The molecule has 1 amide bonds. The van der Waals surface area contributed by atoms with Crippen molar-refractivity contribution in [3.63, 3.8) is 0 Å². The number of amides is 1. The molecule has 0 radical (unpaired) electrons. The van der Waals surface area contributed by atoms with Crippen molar-refractivity contribution in [1.29, 1.82) is 0 Å². The molecule has 0 spiro atoms. The Morgan fingerprint density at radius 2 is 2.21 bits per heavy atom. The second-order valence-electron chi connectivity index (χ2n) is 4.19. The summed E-state index contributed by atoms with van der Waals surface area (Å²) >= 11 is 0. The number of aromatic nitrogens is 4. The molecule has 2 aromatic rings. The minimum Gasteiger partial charge on any atom is -0.294 e. The van der Waals surface area contributed by atoms with Gasteiger partial charge in [0.1, 0.15) is 0 Å². The van der Waals surface area contributed by atoms with Gasteiger partial charge in [-0.05, 0) is 12.8 Å². The normalized spacial score (nSPS) is 10.8. The van der Waals surface area contributed by atoms with Crippen molar-refractivity contribution < 1.29 is 4.79 Å². The van der Waals surface area contributed by atoms with E-state index in [1.165, 1.54) is 9.08 Å². The summed E-state index contributed by atoms with van der Waals surface area (Å²) in [4.78, 5) is 26.7. The minimum absolute atomic E-state index is 0.169. The quantitative estimate of drug-likeness (QED) is 0.315. The van der Waals surface area contributed by atoms with Crippen LogP contribution in [0, 0.1) is 0 Å². The van der Waals surface area contributed by atoms with Crippen LogP contribution in [0.3, 0.4) is 0 Å². The summed E-state index contributed by atoms with van der Waals surface area (Å²) in [6.07, 6.45) is 7.45. The van der Waals surface area contributed by atoms with Gasteiger partial charge in [-0.3, -0.25) is 15.2 Å². The highest BCUT2D eigenvalue weighted by Crippen LogP contribution is 2.01. The van der Waals surface area contributed by atoms with Gasteiger partial charge in [0, 0.05) is 25.4 Å². The van der Waals surface area contributed by atoms with E-state index in [4.69, 9.17) is 5.84 Å². The van der Waals surface area contributed by atoms with Crippen molar-refractivity contribution in [2.75, 3.05) is 0 Å². The van der Waals surface area contributed by atoms with E-state index in [0.717, 1.165) is 19.3 Å². The maximum Gasteiger partial charge on any atom is 0.350 e. The summed E-state index contributed by atoms with van der Waals surface area (Å²) in [6, 6.07) is 0. The first kappa shape index (κ1) is 13.2. The summed E-state index contributed by atoms with van der Waals surface area (Å²) in [7, 11) is 0. The highest BCUT2D eigenvalue weighted by Gasteiger charge is 2.05. The van der Waals surface area contributed by atoms with Gasteiger partial charge in [0.05, 0.1) is 6.20 Å². The van der Waals surface area contributed by atoms with Crippen molar-refractivity contribution in [2.24, 2.45) is 5.84 Å². The number of fused-ring (bicyclic) bond motifs is 1. The Morgan fingerprint density at radius 3 is 2.95 bits per heavy atom. The van der Waals surface area contributed by atoms with Gasteiger partial charge in [-0.25, -0.2) is 19.7 Å². The van der Waals surface area contributed by atoms with Gasteiger partial charge in [-0.15, -0.1) is 5.10 Å². The number of nitrogens with two attached hydrogens (primary N) is 1. The van der Waals surface area contributed by atoms with Crippen LogP contribution in [0.1, 0.15) is 25.7 Å². The monoisotopic (exact) mass is 264 g/mol. The van der Waals surface area contributed by atoms with E-state index >= 15 is 0 Å². The van der Waals surface area contributed by atoms with Crippen LogP contribution in [0.4, 0.5) is 0 Å². The molecule has 0 unspecified atom stereocenters. The zero-order valence-corrected chi connectivity index (χ0v) is 10.5. The zero-order valence-electron chi connectivity index (χ0n) is 10.5. The van der Waals surface area contributed by atoms with Crippen LogP contribution in [0.25, 0.3) is 5.65 Å². The smallest absolute Gasteiger partial charge is 0.294 e. The number of carbonyl (C=O) groups is 1. The Labute approximate surface area is 109 Å². The molecule has 0 bridgehead atoms. The van der Waals surface area contributed by atoms with E-state index in [0.29, 0.717) is 18.6 Å². The number of nitrogens with one attached hydrogen (secondary N) is 1. The van der Waals surface area contributed by atoms with Crippen LogP contribution in [0.5, 0.6) is 0 Å². The number of carbonyl (C=O) groups excluding carboxylic acids is 1. The number of rotatable bonds is 6. The Kier molecular flexibility index (Phi) is 4.24. The first-order valence-electron chi connectivity index (χ1n) is 6.11. The van der Waals surface area contributed by atoms with E-state index in [9.17, 15) is 9.59 Å². The van der Waals surface area contributed by atoms with Crippen LogP contribution in [-0.4, -0.2) is 25.1 Å². The van der Waals surface area contributed by atoms with E-state index in [1.54, 1.807) is 18.6 Å². The highest BCUT2D eigenvalue weighted by atomic mass is 16.2. The van der Waals surface area contributed by atoms with Gasteiger partial charge in [0.15, 0.2) is 5.65 Å². The molecule has 0 saturated heterocycles. The van der Waals surface area contributed by atoms with Crippen molar-refractivity contribution in [3.8, 4) is 0 Å². The van der Waals surface area contributed by atoms with Crippen molar-refractivity contribution in [3.05, 3.63) is 29.1 Å². The van der Waals surface area contributed by atoms with E-state index in [2.05, 4.69) is 15.5 Å². The fraction of sp³-hybridized carbons (Fsp3) is 0.455. The number of aryl methyl sites for hydroxylation is 1. The second kappa shape index (κ2) is 6.10. The van der Waals surface area contributed by atoms with Gasteiger partial charge >= 0.3 is 5.69 Å². The number of hydrogen-bond donors (Lipinski definition) is 2. The van der Waals surface area contributed by atoms with Gasteiger partial charge < -0.3 is 0 Å². The molecule has 3 N–H and O–H groups in total. The molecule has 0 aliphatic rings. The second-order valence-corrected chi connectivity index (χ2v) is 4.19. The summed E-state index contributed by atoms with van der Waals surface area (Å²) < 4.78 is 2.87. The first-order valence-corrected chi connectivity index (χ1v) is 6.11. The summed E-state index contributed by atoms with van der Waals surface area (Å²) in [5.74, 6) is 4.81. The minimum atomic E-state index is -0.170. The molecule has 8 nitrogen and oxygen atoms in total. The highest BCUT2D eigenvalue weighted by molar-refractivity contribution is 5.74. The van der Waals surface area contributed by atoms with Crippen LogP contribution >= 0.6 is 0 Å². The van der Waals surface area contributed by atoms with Crippen molar-refractivity contribution in [1.82, 2.24) is 24.6 Å². The fourth-order valence-electron chi connectivity index (χ4n) is 1.82. The Balaban J connectivity index is 1.87. The molecule has 2 heterocycles. The molecule has 0 aliphatic carbocycles. The van der Waals surface area contributed by atoms with Crippen LogP contribution < -0.4 is 17.0 Å². The number of nitrogens with zero attached hydrogens (tertiary/aromatic N) is 4. The van der Waals surface area contributed by atoms with Gasteiger partial charge in [0.2, 0.25) is 5.91 Å². The Hall–Kier alpha value is -2.22. The molecule has 2 rings (SSSR count). The average molecular weight is 264 g/mol. The largest absolute Gasteiger partial charge is 0.350 e. The third-order valence-corrected chi connectivity index (χ3v) is 2.82. The molecule has 0 atom stereocenters. The maximum absolute atomic E-state index is 11.9. The zero-order chi connectivity index (χ0) is 13.7. The Bertz CT molecular complexity index is 617. The number of hydrogen-bond acceptors (Lipinski definition) is 5. The van der Waals surface area contributed by atoms with Crippen LogP contribution in [0.2, 0.25) is 0 Å². The van der Waals surface area contributed by atoms with E-state index in [1.807, 2.05) is 0 Å². The van der Waals surface area contributed by atoms with Gasteiger partial charge in [-0.2, -0.15) is 0 Å². The summed E-state index contributed by atoms with van der Waals surface area (Å²) in [5, 5.41) is 4.17. The standard InChI is InChI=1S/C11H16N6O2/c12-14-10(18)4-2-1-3-6-17-11(19)16-7-5-13-8-9(16)15-17/h5,7-8H,1-4,6,12H2,(H,14,18). The molecule has 8 heteroatoms. The molecule has 2 aromatic heterocycles. The molecule has 102 valence electrons. The average Bonchev–Trinajstić information content (AvgIpc) is 2.75. The number of hydrazine groups is 1. The predicted molar refractivity (Wildman–Crippen MR) is 68.0 cm³/mol. The first-order chi connectivity index (χ1) is 9.22. The third-order valence-electron chi connectivity index (χ3n) is 2.82. The molecular formula is C11H16N6O2. The third kappa shape index (κ3) is 3.16. The van der Waals surface area contributed by atoms with Gasteiger partial charge in [-0.1, -0.05) is 6.42 Å². The lowest BCUT2D eigenvalue weighted by Gasteiger charge is -2.00. The van der Waals surface area contributed by atoms with Crippen LogP contribution in [-0.2, 0) is 11.3 Å². The lowest BCUT2D eigenvalue weighted by atomic mass is 10.2. The maximum atomic E-state index is 11.9. The Morgan fingerprint density at radius 1 is 1.37 bits per heavy atom. The molecule has 0 saturated carbocycles. The van der Waals surface area contributed by atoms with Crippen LogP contribution in [0.15, 0.2) is 23.4 Å². The topological polar surface area (TPSA) is 107 Å². The van der Waals surface area contributed by atoms with Crippen molar-refractivity contribution in [2.45, 2.75) is 32.2 Å². The lowest BCUT2D eigenvalue weighted by Crippen LogP contribution is -2.29. The fourth-order valence-corrected chi connectivity index (χ4v) is 1.82. The molecule has 19 heavy (non-hydrogen) atoms. The predicted octanol–water partition coefficient (Wildman–Crippen LogP) is -0.559.